The van der Waals surface area contributed by atoms with Gasteiger partial charge in [0.05, 0.1) is 9.53 Å². The van der Waals surface area contributed by atoms with Gasteiger partial charge in [0, 0.05) is 12.8 Å². The van der Waals surface area contributed by atoms with E-state index in [-0.39, 0.29) is 32.4 Å². The minimum Gasteiger partial charge on any atom is -0.460 e. The number of ether oxygens (including phenoxy) is 1. The fourth-order valence-corrected chi connectivity index (χ4v) is 5.20. The van der Waals surface area contributed by atoms with E-state index in [1.54, 1.807) is 6.92 Å². The molecule has 0 aromatic rings. The van der Waals surface area contributed by atoms with Crippen molar-refractivity contribution < 1.29 is 18.8 Å². The number of carbonyl (C=O) groups is 2. The maximum absolute atomic E-state index is 12.9. The van der Waals surface area contributed by atoms with Crippen LogP contribution in [0.1, 0.15) is 60.3 Å². The summed E-state index contributed by atoms with van der Waals surface area (Å²) in [4.78, 5) is 25.3. The minimum absolute atomic E-state index is 0.0205. The molecule has 2 rings (SSSR count). The van der Waals surface area contributed by atoms with Crippen LogP contribution in [-0.2, 0) is 18.8 Å². The van der Waals surface area contributed by atoms with Crippen LogP contribution in [0, 0.1) is 5.41 Å². The Labute approximate surface area is 160 Å². The van der Waals surface area contributed by atoms with E-state index in [2.05, 4.69) is 63.4 Å². The lowest BCUT2D eigenvalue weighted by Gasteiger charge is -2.40. The summed E-state index contributed by atoms with van der Waals surface area (Å²) in [7, 11) is -1.96. The molecule has 1 saturated heterocycles. The third-order valence-corrected chi connectivity index (χ3v) is 12.0. The van der Waals surface area contributed by atoms with E-state index in [1.807, 2.05) is 0 Å². The Bertz CT molecular complexity index is 538. The van der Waals surface area contributed by atoms with E-state index in [0.717, 1.165) is 12.8 Å². The molecule has 6 heteroatoms. The molecular weight excluding hydrogens is 435 g/mol. The second-order valence-corrected chi connectivity index (χ2v) is 16.6. The van der Waals surface area contributed by atoms with Gasteiger partial charge in [0.25, 0.3) is 0 Å². The second-order valence-electron chi connectivity index (χ2n) is 9.37. The summed E-state index contributed by atoms with van der Waals surface area (Å²) in [5.74, 6) is -0.374. The van der Waals surface area contributed by atoms with Crippen molar-refractivity contribution >= 4 is 42.7 Å². The number of hydrogen-bond acceptors (Lipinski definition) is 4. The van der Waals surface area contributed by atoms with Crippen LogP contribution in [0.5, 0.6) is 0 Å². The number of ketones is 1. The molecule has 1 saturated carbocycles. The molecule has 0 radical (unpaired) electrons. The average Bonchev–Trinajstić information content (AvgIpc) is 2.73. The average molecular weight is 466 g/mol. The number of alkyl halides is 1. The summed E-state index contributed by atoms with van der Waals surface area (Å²) >= 11 is 2.39. The molecule has 4 nitrogen and oxygen atoms in total. The predicted molar refractivity (Wildman–Crippen MR) is 106 cm³/mol. The van der Waals surface area contributed by atoms with Gasteiger partial charge in [0.2, 0.25) is 0 Å². The van der Waals surface area contributed by atoms with Crippen molar-refractivity contribution in [2.24, 2.45) is 5.41 Å². The highest BCUT2D eigenvalue weighted by Gasteiger charge is 2.56. The molecule has 2 bridgehead atoms. The van der Waals surface area contributed by atoms with Crippen LogP contribution in [-0.4, -0.2) is 35.7 Å². The van der Waals surface area contributed by atoms with Gasteiger partial charge in [-0.05, 0) is 44.8 Å². The number of esters is 1. The zero-order valence-electron chi connectivity index (χ0n) is 16.0. The fourth-order valence-electron chi connectivity index (χ4n) is 3.15. The Morgan fingerprint density at radius 1 is 1.25 bits per heavy atom. The number of carbonyl (C=O) groups excluding carboxylic acids is 2. The summed E-state index contributed by atoms with van der Waals surface area (Å²) in [5, 5.41) is 0.101. The van der Waals surface area contributed by atoms with E-state index in [9.17, 15) is 9.59 Å². The Morgan fingerprint density at radius 3 is 2.38 bits per heavy atom. The Morgan fingerprint density at radius 2 is 1.83 bits per heavy atom. The Balaban J connectivity index is 2.28. The molecule has 0 amide bonds. The van der Waals surface area contributed by atoms with Crippen LogP contribution in [0.2, 0.25) is 18.1 Å². The van der Waals surface area contributed by atoms with Gasteiger partial charge in [-0.15, -0.1) is 0 Å². The summed E-state index contributed by atoms with van der Waals surface area (Å²) < 4.78 is 12.0. The topological polar surface area (TPSA) is 52.6 Å². The molecule has 1 heterocycles. The monoisotopic (exact) mass is 466 g/mol. The number of rotatable bonds is 2. The minimum atomic E-state index is -1.96. The van der Waals surface area contributed by atoms with Crippen LogP contribution in [0.15, 0.2) is 0 Å². The Kier molecular flexibility index (Phi) is 5.38. The zero-order valence-corrected chi connectivity index (χ0v) is 19.2. The normalized spacial score (nSPS) is 38.3. The molecule has 0 aromatic carbocycles. The van der Waals surface area contributed by atoms with Crippen LogP contribution in [0.3, 0.4) is 0 Å². The fraction of sp³-hybridized carbons (Fsp3) is 0.889. The van der Waals surface area contributed by atoms with Crippen molar-refractivity contribution in [1.29, 1.82) is 0 Å². The van der Waals surface area contributed by atoms with E-state index < -0.39 is 13.7 Å². The maximum Gasteiger partial charge on any atom is 0.319 e. The third-order valence-electron chi connectivity index (χ3n) is 6.22. The maximum atomic E-state index is 12.9. The summed E-state index contributed by atoms with van der Waals surface area (Å²) in [6.07, 6.45) is 2.24. The summed E-state index contributed by atoms with van der Waals surface area (Å²) in [5.41, 5.74) is -1.00. The molecule has 138 valence electrons. The largest absolute Gasteiger partial charge is 0.460 e. The van der Waals surface area contributed by atoms with Gasteiger partial charge in [-0.3, -0.25) is 9.59 Å². The van der Waals surface area contributed by atoms with Gasteiger partial charge in [-0.25, -0.2) is 0 Å². The summed E-state index contributed by atoms with van der Waals surface area (Å²) in [6.45, 7) is 14.9. The molecule has 0 N–H and O–H groups in total. The molecule has 2 aliphatic rings. The van der Waals surface area contributed by atoms with Crippen LogP contribution >= 0.6 is 22.6 Å². The standard InChI is InChI=1S/C18H31IO4Si/c1-16(2,3)24(6,7)23-12-8-9-18(5,19)14-11-17(4,13(20)10-12)15(21)22-14/h12,14H,8-11H2,1-7H3/t12?,14?,17-,18?/m1/s1. The van der Waals surface area contributed by atoms with Gasteiger partial charge >= 0.3 is 5.97 Å². The van der Waals surface area contributed by atoms with Crippen molar-refractivity contribution in [3.63, 3.8) is 0 Å². The smallest absolute Gasteiger partial charge is 0.319 e. The Hall–Kier alpha value is 0.0469. The quantitative estimate of drug-likeness (QED) is 0.196. The number of fused-ring (bicyclic) bond motifs is 2. The number of halogens is 1. The molecular formula is C18H31IO4Si. The molecule has 0 spiro atoms. The van der Waals surface area contributed by atoms with Gasteiger partial charge in [0.1, 0.15) is 11.5 Å². The highest BCUT2D eigenvalue weighted by atomic mass is 127. The van der Waals surface area contributed by atoms with Crippen molar-refractivity contribution in [3.05, 3.63) is 0 Å². The molecule has 3 unspecified atom stereocenters. The first-order valence-corrected chi connectivity index (χ1v) is 12.8. The summed E-state index contributed by atoms with van der Waals surface area (Å²) in [6, 6.07) is 0. The zero-order chi connectivity index (χ0) is 18.6. The van der Waals surface area contributed by atoms with Crippen LogP contribution < -0.4 is 0 Å². The lowest BCUT2D eigenvalue weighted by molar-refractivity contribution is -0.153. The van der Waals surface area contributed by atoms with E-state index in [1.165, 1.54) is 0 Å². The van der Waals surface area contributed by atoms with Crippen LogP contribution in [0.4, 0.5) is 0 Å². The molecule has 0 aromatic heterocycles. The van der Waals surface area contributed by atoms with Gasteiger partial charge in [0.15, 0.2) is 14.1 Å². The molecule has 2 fully saturated rings. The van der Waals surface area contributed by atoms with Gasteiger partial charge in [-0.2, -0.15) is 0 Å². The van der Waals surface area contributed by atoms with Gasteiger partial charge in [-0.1, -0.05) is 43.4 Å². The number of Topliss-reactive ketones (excluding diaryl/α,β-unsaturated/α-hetero) is 1. The van der Waals surface area contributed by atoms with Crippen molar-refractivity contribution in [2.45, 2.75) is 94.1 Å². The first-order valence-electron chi connectivity index (χ1n) is 8.80. The first kappa shape index (κ1) is 20.4. The van der Waals surface area contributed by atoms with E-state index in [0.29, 0.717) is 12.8 Å². The molecule has 4 atom stereocenters. The molecule has 1 aliphatic carbocycles. The lowest BCUT2D eigenvalue weighted by atomic mass is 9.80. The second kappa shape index (κ2) is 6.34. The van der Waals surface area contributed by atoms with E-state index >= 15 is 0 Å². The van der Waals surface area contributed by atoms with Crippen molar-refractivity contribution in [1.82, 2.24) is 0 Å². The predicted octanol–water partition coefficient (Wildman–Crippen LogP) is 4.65. The van der Waals surface area contributed by atoms with Crippen LogP contribution in [0.25, 0.3) is 0 Å². The lowest BCUT2D eigenvalue weighted by Crippen LogP contribution is -2.45. The molecule has 24 heavy (non-hydrogen) atoms. The van der Waals surface area contributed by atoms with Crippen molar-refractivity contribution in [2.75, 3.05) is 0 Å². The SMILES string of the molecule is CC1(I)CCC(O[Si](C)(C)C(C)(C)C)CC(=O)[C@@]2(C)CC1OC2=O. The first-order chi connectivity index (χ1) is 10.7. The number of hydrogen-bond donors (Lipinski definition) is 0. The third kappa shape index (κ3) is 3.75. The molecule has 1 aliphatic heterocycles. The highest BCUT2D eigenvalue weighted by Crippen LogP contribution is 2.47. The van der Waals surface area contributed by atoms with Crippen molar-refractivity contribution in [3.8, 4) is 0 Å². The highest BCUT2D eigenvalue weighted by molar-refractivity contribution is 14.1. The van der Waals surface area contributed by atoms with E-state index in [4.69, 9.17) is 9.16 Å². The van der Waals surface area contributed by atoms with Gasteiger partial charge < -0.3 is 9.16 Å².